The summed E-state index contributed by atoms with van der Waals surface area (Å²) in [7, 11) is 0. The normalized spacial score (nSPS) is 18.1. The number of hydrogen-bond donors (Lipinski definition) is 1. The number of nitrogens with zero attached hydrogens (tertiary/aromatic N) is 5. The summed E-state index contributed by atoms with van der Waals surface area (Å²) >= 11 is 0. The molecule has 178 valence electrons. The molecule has 4 rings (SSSR count). The van der Waals surface area contributed by atoms with Crippen molar-refractivity contribution >= 4 is 11.5 Å². The average molecular weight is 472 g/mol. The molecule has 0 aliphatic carbocycles. The van der Waals surface area contributed by atoms with Crippen LogP contribution >= 0.6 is 0 Å². The lowest BCUT2D eigenvalue weighted by molar-refractivity contribution is -0.138. The van der Waals surface area contributed by atoms with Gasteiger partial charge in [-0.1, -0.05) is 13.0 Å². The Morgan fingerprint density at radius 3 is 2.61 bits per heavy atom. The van der Waals surface area contributed by atoms with Gasteiger partial charge in [0.05, 0.1) is 23.7 Å². The maximum atomic E-state index is 13.2. The molecule has 1 saturated heterocycles. The van der Waals surface area contributed by atoms with Crippen LogP contribution in [0.4, 0.5) is 32.3 Å². The highest BCUT2D eigenvalue weighted by Crippen LogP contribution is 2.36. The molecular formula is C21H22F6N6. The third kappa shape index (κ3) is 5.21. The van der Waals surface area contributed by atoms with Gasteiger partial charge in [-0.15, -0.1) is 10.2 Å². The number of rotatable bonds is 5. The van der Waals surface area contributed by atoms with Crippen LogP contribution in [-0.4, -0.2) is 56.3 Å². The first-order chi connectivity index (χ1) is 15.5. The number of halogens is 6. The Morgan fingerprint density at radius 1 is 1.12 bits per heavy atom. The first-order valence-corrected chi connectivity index (χ1v) is 10.5. The summed E-state index contributed by atoms with van der Waals surface area (Å²) < 4.78 is 80.4. The van der Waals surface area contributed by atoms with Crippen LogP contribution in [0.15, 0.2) is 30.7 Å². The van der Waals surface area contributed by atoms with Crippen LogP contribution < -0.4 is 5.32 Å². The number of anilines is 1. The van der Waals surface area contributed by atoms with E-state index in [1.54, 1.807) is 4.40 Å². The lowest BCUT2D eigenvalue weighted by atomic mass is 9.98. The molecule has 33 heavy (non-hydrogen) atoms. The van der Waals surface area contributed by atoms with E-state index in [9.17, 15) is 26.3 Å². The van der Waals surface area contributed by atoms with Gasteiger partial charge in [0.15, 0.2) is 0 Å². The van der Waals surface area contributed by atoms with Crippen molar-refractivity contribution in [3.8, 4) is 11.3 Å². The van der Waals surface area contributed by atoms with Gasteiger partial charge in [0.25, 0.3) is 0 Å². The number of piperidine rings is 1. The van der Waals surface area contributed by atoms with Gasteiger partial charge in [-0.3, -0.25) is 4.40 Å². The highest BCUT2D eigenvalue weighted by molar-refractivity contribution is 5.79. The largest absolute Gasteiger partial charge is 0.416 e. The molecular weight excluding hydrogens is 450 g/mol. The fraction of sp³-hybridized carbons (Fsp3) is 0.476. The fourth-order valence-corrected chi connectivity index (χ4v) is 4.13. The molecule has 0 amide bonds. The molecule has 0 bridgehead atoms. The van der Waals surface area contributed by atoms with E-state index >= 15 is 0 Å². The summed E-state index contributed by atoms with van der Waals surface area (Å²) in [5.74, 6) is 0.374. The quantitative estimate of drug-likeness (QED) is 0.540. The second kappa shape index (κ2) is 8.81. The van der Waals surface area contributed by atoms with Gasteiger partial charge in [0.1, 0.15) is 12.0 Å². The predicted molar refractivity (Wildman–Crippen MR) is 110 cm³/mol. The maximum Gasteiger partial charge on any atom is 0.416 e. The average Bonchev–Trinajstić information content (AvgIpc) is 3.23. The number of likely N-dealkylation sites (N-methyl/N-ethyl adjacent to an activating group) is 1. The van der Waals surface area contributed by atoms with E-state index in [2.05, 4.69) is 32.3 Å². The zero-order chi connectivity index (χ0) is 23.8. The molecule has 0 unspecified atom stereocenters. The van der Waals surface area contributed by atoms with Gasteiger partial charge in [-0.25, -0.2) is 4.98 Å². The number of imidazole rings is 1. The first kappa shape index (κ1) is 23.3. The highest BCUT2D eigenvalue weighted by atomic mass is 19.4. The van der Waals surface area contributed by atoms with Crippen LogP contribution in [0.5, 0.6) is 0 Å². The third-order valence-corrected chi connectivity index (χ3v) is 5.72. The molecule has 1 atom stereocenters. The van der Waals surface area contributed by atoms with Gasteiger partial charge in [-0.2, -0.15) is 26.3 Å². The van der Waals surface area contributed by atoms with Crippen molar-refractivity contribution in [2.45, 2.75) is 44.6 Å². The fourth-order valence-electron chi connectivity index (χ4n) is 4.13. The van der Waals surface area contributed by atoms with Crippen LogP contribution in [0.25, 0.3) is 16.8 Å². The summed E-state index contributed by atoms with van der Waals surface area (Å²) in [5, 5.41) is 11.6. The van der Waals surface area contributed by atoms with Crippen molar-refractivity contribution in [2.24, 2.45) is 0 Å². The standard InChI is InChI=1S/C21H22F6N6/c1-2-32-7-3-4-15(11-32)29-19-31-30-18(17-10-28-12-33(17)19)16-6-5-14(21(25,26)27)8-13(16)9-20(22,23)24/h5-6,8,10,12,15H,2-4,7,9,11H2,1H3,(H,29,31)/t15-/m1/s1. The second-order valence-corrected chi connectivity index (χ2v) is 8.06. The number of nitrogens with one attached hydrogen (secondary N) is 1. The highest BCUT2D eigenvalue weighted by Gasteiger charge is 2.35. The minimum absolute atomic E-state index is 0.0323. The molecule has 3 aromatic rings. The first-order valence-electron chi connectivity index (χ1n) is 10.5. The molecule has 0 saturated carbocycles. The number of hydrogen-bond acceptors (Lipinski definition) is 5. The Balaban J connectivity index is 1.73. The number of benzene rings is 1. The molecule has 0 radical (unpaired) electrons. The Hall–Kier alpha value is -2.89. The molecule has 3 heterocycles. The van der Waals surface area contributed by atoms with E-state index in [1.165, 1.54) is 12.5 Å². The number of alkyl halides is 6. The SMILES string of the molecule is CCN1CCC[C@@H](Nc2nnc(-c3ccc(C(F)(F)F)cc3CC(F)(F)F)c3cncn23)C1. The Labute approximate surface area is 185 Å². The minimum Gasteiger partial charge on any atom is -0.350 e. The number of aromatic nitrogens is 4. The van der Waals surface area contributed by atoms with Crippen molar-refractivity contribution in [1.29, 1.82) is 0 Å². The van der Waals surface area contributed by atoms with Gasteiger partial charge < -0.3 is 10.2 Å². The Morgan fingerprint density at radius 2 is 1.91 bits per heavy atom. The molecule has 0 spiro atoms. The number of fused-ring (bicyclic) bond motifs is 1. The van der Waals surface area contributed by atoms with Crippen molar-refractivity contribution < 1.29 is 26.3 Å². The predicted octanol–water partition coefficient (Wildman–Crippen LogP) is 4.81. The monoisotopic (exact) mass is 472 g/mol. The van der Waals surface area contributed by atoms with Crippen LogP contribution in [0.3, 0.4) is 0 Å². The van der Waals surface area contributed by atoms with E-state index in [4.69, 9.17) is 0 Å². The Bertz CT molecular complexity index is 1120. The Kier molecular flexibility index (Phi) is 6.21. The van der Waals surface area contributed by atoms with E-state index in [-0.39, 0.29) is 17.3 Å². The maximum absolute atomic E-state index is 13.2. The third-order valence-electron chi connectivity index (χ3n) is 5.72. The summed E-state index contributed by atoms with van der Waals surface area (Å²) in [6, 6.07) is 2.38. The van der Waals surface area contributed by atoms with Gasteiger partial charge >= 0.3 is 12.4 Å². The van der Waals surface area contributed by atoms with E-state index in [0.717, 1.165) is 44.6 Å². The summed E-state index contributed by atoms with van der Waals surface area (Å²) in [4.78, 5) is 6.36. The summed E-state index contributed by atoms with van der Waals surface area (Å²) in [6.45, 7) is 4.81. The number of likely N-dealkylation sites (tertiary alicyclic amines) is 1. The van der Waals surface area contributed by atoms with Crippen LogP contribution in [0, 0.1) is 0 Å². The van der Waals surface area contributed by atoms with Gasteiger partial charge in [-0.05, 0) is 43.6 Å². The van der Waals surface area contributed by atoms with Crippen molar-refractivity contribution in [1.82, 2.24) is 24.5 Å². The van der Waals surface area contributed by atoms with Gasteiger partial charge in [0.2, 0.25) is 5.95 Å². The van der Waals surface area contributed by atoms with Crippen LogP contribution in [-0.2, 0) is 12.6 Å². The van der Waals surface area contributed by atoms with E-state index < -0.39 is 29.9 Å². The summed E-state index contributed by atoms with van der Waals surface area (Å²) in [5.41, 5.74) is -1.37. The molecule has 1 aliphatic heterocycles. The summed E-state index contributed by atoms with van der Waals surface area (Å²) in [6.07, 6.45) is -6.20. The van der Waals surface area contributed by atoms with Crippen LogP contribution in [0.2, 0.25) is 0 Å². The molecule has 2 aromatic heterocycles. The van der Waals surface area contributed by atoms with Crippen LogP contribution in [0.1, 0.15) is 30.9 Å². The van der Waals surface area contributed by atoms with E-state index in [1.807, 2.05) is 0 Å². The molecule has 1 fully saturated rings. The molecule has 1 N–H and O–H groups in total. The van der Waals surface area contributed by atoms with Crippen molar-refractivity contribution in [2.75, 3.05) is 25.0 Å². The molecule has 12 heteroatoms. The topological polar surface area (TPSA) is 58.3 Å². The van der Waals surface area contributed by atoms with Gasteiger partial charge in [0, 0.05) is 18.2 Å². The molecule has 6 nitrogen and oxygen atoms in total. The zero-order valence-electron chi connectivity index (χ0n) is 17.7. The smallest absolute Gasteiger partial charge is 0.350 e. The lowest BCUT2D eigenvalue weighted by Crippen LogP contribution is -2.42. The zero-order valence-corrected chi connectivity index (χ0v) is 17.7. The molecule has 1 aromatic carbocycles. The van der Waals surface area contributed by atoms with E-state index in [0.29, 0.717) is 17.5 Å². The minimum atomic E-state index is -4.77. The molecule has 1 aliphatic rings. The van der Waals surface area contributed by atoms with Crippen molar-refractivity contribution in [3.63, 3.8) is 0 Å². The second-order valence-electron chi connectivity index (χ2n) is 8.06. The van der Waals surface area contributed by atoms with Crippen molar-refractivity contribution in [3.05, 3.63) is 41.9 Å². The lowest BCUT2D eigenvalue weighted by Gasteiger charge is -2.32.